The van der Waals surface area contributed by atoms with Gasteiger partial charge >= 0.3 is 0 Å². The molecule has 1 saturated carbocycles. The van der Waals surface area contributed by atoms with Crippen molar-refractivity contribution < 1.29 is 0 Å². The Kier molecular flexibility index (Phi) is 6.44. The van der Waals surface area contributed by atoms with E-state index in [1.165, 1.54) is 32.1 Å². The van der Waals surface area contributed by atoms with E-state index in [-0.39, 0.29) is 6.04 Å². The molecule has 3 heteroatoms. The number of nitrogens with one attached hydrogen (secondary N) is 1. The summed E-state index contributed by atoms with van der Waals surface area (Å²) in [5.74, 6) is 0.783. The summed E-state index contributed by atoms with van der Waals surface area (Å²) >= 11 is 0. The van der Waals surface area contributed by atoms with E-state index < -0.39 is 0 Å². The summed E-state index contributed by atoms with van der Waals surface area (Å²) in [7, 11) is 4.12. The molecule has 0 heterocycles. The molecule has 0 saturated heterocycles. The first-order valence-electron chi connectivity index (χ1n) is 6.50. The average Bonchev–Trinajstić information content (AvgIpc) is 2.28. The van der Waals surface area contributed by atoms with Gasteiger partial charge in [-0.1, -0.05) is 32.1 Å². The highest BCUT2D eigenvalue weighted by Crippen LogP contribution is 2.27. The van der Waals surface area contributed by atoms with Gasteiger partial charge in [-0.05, 0) is 26.4 Å². The summed E-state index contributed by atoms with van der Waals surface area (Å²) in [4.78, 5) is 2.14. The molecule has 0 bridgehead atoms. The van der Waals surface area contributed by atoms with Crippen LogP contribution in [0.1, 0.15) is 38.5 Å². The van der Waals surface area contributed by atoms with Crippen molar-refractivity contribution in [2.24, 2.45) is 5.92 Å². The third kappa shape index (κ3) is 5.48. The molecule has 0 aromatic heterocycles. The van der Waals surface area contributed by atoms with Crippen LogP contribution in [-0.4, -0.2) is 38.1 Å². The van der Waals surface area contributed by atoms with Gasteiger partial charge in [0.1, 0.15) is 0 Å². The summed E-state index contributed by atoms with van der Waals surface area (Å²) in [6.45, 7) is 1.92. The molecule has 16 heavy (non-hydrogen) atoms. The summed E-state index contributed by atoms with van der Waals surface area (Å²) in [6, 6.07) is 2.45. The lowest BCUT2D eigenvalue weighted by Gasteiger charge is -2.24. The number of hydrogen-bond donors (Lipinski definition) is 1. The van der Waals surface area contributed by atoms with Crippen LogP contribution < -0.4 is 5.32 Å². The Labute approximate surface area is 99.8 Å². The summed E-state index contributed by atoms with van der Waals surface area (Å²) in [6.07, 6.45) is 7.81. The van der Waals surface area contributed by atoms with Crippen LogP contribution in [0.2, 0.25) is 0 Å². The smallest absolute Gasteiger partial charge is 0.0956 e. The van der Waals surface area contributed by atoms with Gasteiger partial charge in [-0.15, -0.1) is 0 Å². The maximum Gasteiger partial charge on any atom is 0.0956 e. The zero-order valence-corrected chi connectivity index (χ0v) is 10.7. The monoisotopic (exact) mass is 223 g/mol. The maximum atomic E-state index is 9.10. The molecule has 0 amide bonds. The quantitative estimate of drug-likeness (QED) is 0.748. The van der Waals surface area contributed by atoms with Gasteiger partial charge in [-0.2, -0.15) is 5.26 Å². The minimum absolute atomic E-state index is 0.0584. The number of likely N-dealkylation sites (N-methyl/N-ethyl adjacent to an activating group) is 1. The molecule has 3 nitrogen and oxygen atoms in total. The molecular formula is C13H25N3. The Balaban J connectivity index is 2.18. The molecule has 0 radical (unpaired) electrons. The average molecular weight is 223 g/mol. The normalized spacial score (nSPS) is 19.6. The Morgan fingerprint density at radius 2 is 2.00 bits per heavy atom. The molecular weight excluding hydrogens is 198 g/mol. The molecule has 1 N–H and O–H groups in total. The minimum Gasteiger partial charge on any atom is -0.308 e. The zero-order valence-electron chi connectivity index (χ0n) is 10.7. The molecule has 1 unspecified atom stereocenters. The van der Waals surface area contributed by atoms with E-state index in [0.717, 1.165) is 25.4 Å². The van der Waals surface area contributed by atoms with Crippen LogP contribution in [0.3, 0.4) is 0 Å². The lowest BCUT2D eigenvalue weighted by molar-refractivity contribution is 0.311. The molecule has 1 fully saturated rings. The van der Waals surface area contributed by atoms with E-state index in [9.17, 15) is 0 Å². The first-order valence-corrected chi connectivity index (χ1v) is 6.50. The van der Waals surface area contributed by atoms with E-state index in [0.29, 0.717) is 0 Å². The van der Waals surface area contributed by atoms with Gasteiger partial charge in [0.15, 0.2) is 0 Å². The Bertz CT molecular complexity index is 214. The van der Waals surface area contributed by atoms with Crippen molar-refractivity contribution in [1.82, 2.24) is 10.2 Å². The van der Waals surface area contributed by atoms with E-state index in [1.807, 2.05) is 0 Å². The highest BCUT2D eigenvalue weighted by Gasteiger charge is 2.18. The Hall–Kier alpha value is -0.590. The molecule has 1 atom stereocenters. The predicted octanol–water partition coefficient (Wildman–Crippen LogP) is 2.00. The minimum atomic E-state index is 0.0584. The van der Waals surface area contributed by atoms with E-state index in [1.54, 1.807) is 0 Å². The predicted molar refractivity (Wildman–Crippen MR) is 67.1 cm³/mol. The molecule has 1 rings (SSSR count). The summed E-state index contributed by atoms with van der Waals surface area (Å²) < 4.78 is 0. The Morgan fingerprint density at radius 3 is 2.56 bits per heavy atom. The third-order valence-corrected chi connectivity index (χ3v) is 3.40. The fraction of sp³-hybridized carbons (Fsp3) is 0.923. The Morgan fingerprint density at radius 1 is 1.31 bits per heavy atom. The van der Waals surface area contributed by atoms with Crippen molar-refractivity contribution in [1.29, 1.82) is 5.26 Å². The maximum absolute atomic E-state index is 9.10. The van der Waals surface area contributed by atoms with E-state index in [2.05, 4.69) is 30.4 Å². The lowest BCUT2D eigenvalue weighted by atomic mass is 9.85. The van der Waals surface area contributed by atoms with Gasteiger partial charge < -0.3 is 10.2 Å². The fourth-order valence-corrected chi connectivity index (χ4v) is 2.40. The second kappa shape index (κ2) is 7.65. The summed E-state index contributed by atoms with van der Waals surface area (Å²) in [5, 5.41) is 12.4. The van der Waals surface area contributed by atoms with Crippen molar-refractivity contribution in [2.75, 3.05) is 27.2 Å². The molecule has 0 aliphatic heterocycles. The van der Waals surface area contributed by atoms with Crippen LogP contribution >= 0.6 is 0 Å². The van der Waals surface area contributed by atoms with Crippen LogP contribution in [-0.2, 0) is 0 Å². The number of nitrogens with zero attached hydrogens (tertiary/aromatic N) is 2. The van der Waals surface area contributed by atoms with Crippen LogP contribution in [0.15, 0.2) is 0 Å². The standard InChI is InChI=1S/C13H25N3/c1-16(2)9-8-15-13(11-14)10-12-6-4-3-5-7-12/h12-13,15H,3-10H2,1-2H3. The zero-order chi connectivity index (χ0) is 11.8. The molecule has 0 aromatic carbocycles. The van der Waals surface area contributed by atoms with Gasteiger partial charge in [0.25, 0.3) is 0 Å². The third-order valence-electron chi connectivity index (χ3n) is 3.40. The molecule has 0 spiro atoms. The van der Waals surface area contributed by atoms with Crippen LogP contribution in [0.25, 0.3) is 0 Å². The lowest BCUT2D eigenvalue weighted by Crippen LogP contribution is -2.35. The fourth-order valence-electron chi connectivity index (χ4n) is 2.40. The summed E-state index contributed by atoms with van der Waals surface area (Å²) in [5.41, 5.74) is 0. The number of nitriles is 1. The first kappa shape index (κ1) is 13.5. The SMILES string of the molecule is CN(C)CCNC(C#N)CC1CCCCC1. The van der Waals surface area contributed by atoms with Gasteiger partial charge in [0.2, 0.25) is 0 Å². The molecule has 1 aliphatic carbocycles. The van der Waals surface area contributed by atoms with Crippen LogP contribution in [0.4, 0.5) is 0 Å². The largest absolute Gasteiger partial charge is 0.308 e. The van der Waals surface area contributed by atoms with Crippen molar-refractivity contribution in [3.05, 3.63) is 0 Å². The molecule has 0 aromatic rings. The highest BCUT2D eigenvalue weighted by molar-refractivity contribution is 4.91. The van der Waals surface area contributed by atoms with E-state index in [4.69, 9.17) is 5.26 Å². The second-order valence-corrected chi connectivity index (χ2v) is 5.18. The van der Waals surface area contributed by atoms with Crippen molar-refractivity contribution >= 4 is 0 Å². The highest BCUT2D eigenvalue weighted by atomic mass is 15.1. The van der Waals surface area contributed by atoms with E-state index >= 15 is 0 Å². The van der Waals surface area contributed by atoms with Gasteiger partial charge in [-0.25, -0.2) is 0 Å². The molecule has 1 aliphatic rings. The molecule has 92 valence electrons. The second-order valence-electron chi connectivity index (χ2n) is 5.18. The first-order chi connectivity index (χ1) is 7.72. The van der Waals surface area contributed by atoms with Crippen molar-refractivity contribution in [3.8, 4) is 6.07 Å². The van der Waals surface area contributed by atoms with Gasteiger partial charge in [0, 0.05) is 13.1 Å². The van der Waals surface area contributed by atoms with Crippen molar-refractivity contribution in [2.45, 2.75) is 44.6 Å². The number of rotatable bonds is 6. The van der Waals surface area contributed by atoms with Gasteiger partial charge in [-0.3, -0.25) is 0 Å². The van der Waals surface area contributed by atoms with Gasteiger partial charge in [0.05, 0.1) is 12.1 Å². The van der Waals surface area contributed by atoms with Crippen molar-refractivity contribution in [3.63, 3.8) is 0 Å². The van der Waals surface area contributed by atoms with Crippen LogP contribution in [0, 0.1) is 17.2 Å². The van der Waals surface area contributed by atoms with Crippen LogP contribution in [0.5, 0.6) is 0 Å². The number of hydrogen-bond acceptors (Lipinski definition) is 3. The topological polar surface area (TPSA) is 39.1 Å².